The third-order valence-electron chi connectivity index (χ3n) is 3.98. The molecule has 1 fully saturated rings. The summed E-state index contributed by atoms with van der Waals surface area (Å²) >= 11 is 0. The van der Waals surface area contributed by atoms with Crippen molar-refractivity contribution in [3.63, 3.8) is 0 Å². The van der Waals surface area contributed by atoms with E-state index in [-0.39, 0.29) is 5.91 Å². The van der Waals surface area contributed by atoms with Crippen LogP contribution in [0.1, 0.15) is 30.1 Å². The van der Waals surface area contributed by atoms with Gasteiger partial charge in [-0.15, -0.1) is 0 Å². The summed E-state index contributed by atoms with van der Waals surface area (Å²) in [6.07, 6.45) is 8.10. The van der Waals surface area contributed by atoms with Crippen molar-refractivity contribution < 1.29 is 4.79 Å². The van der Waals surface area contributed by atoms with E-state index in [9.17, 15) is 4.79 Å². The van der Waals surface area contributed by atoms with E-state index < -0.39 is 0 Å². The molecule has 21 heavy (non-hydrogen) atoms. The maximum Gasteiger partial charge on any atom is 0.227 e. The first-order valence-electron chi connectivity index (χ1n) is 7.41. The second-order valence-corrected chi connectivity index (χ2v) is 5.61. The first-order valence-corrected chi connectivity index (χ1v) is 7.41. The molecule has 0 unspecified atom stereocenters. The molecule has 0 radical (unpaired) electrons. The van der Waals surface area contributed by atoms with Crippen molar-refractivity contribution in [1.82, 2.24) is 19.7 Å². The highest BCUT2D eigenvalue weighted by Gasteiger charge is 2.24. The van der Waals surface area contributed by atoms with E-state index in [4.69, 9.17) is 0 Å². The number of hydrogen-bond donors (Lipinski definition) is 0. The van der Waals surface area contributed by atoms with Gasteiger partial charge in [-0.25, -0.2) is 0 Å². The van der Waals surface area contributed by atoms with E-state index in [1.165, 1.54) is 0 Å². The van der Waals surface area contributed by atoms with Crippen LogP contribution in [0.3, 0.4) is 0 Å². The number of hydrogen-bond acceptors (Lipinski definition) is 3. The van der Waals surface area contributed by atoms with Crippen molar-refractivity contribution in [2.24, 2.45) is 0 Å². The summed E-state index contributed by atoms with van der Waals surface area (Å²) in [6.45, 7) is 3.54. The van der Waals surface area contributed by atoms with E-state index in [1.54, 1.807) is 12.4 Å². The molecule has 0 N–H and O–H groups in total. The van der Waals surface area contributed by atoms with Crippen molar-refractivity contribution >= 4 is 5.91 Å². The van der Waals surface area contributed by atoms with Crippen LogP contribution >= 0.6 is 0 Å². The quantitative estimate of drug-likeness (QED) is 0.866. The largest absolute Gasteiger partial charge is 0.340 e. The van der Waals surface area contributed by atoms with Crippen LogP contribution in [0.15, 0.2) is 36.8 Å². The topological polar surface area (TPSA) is 51.0 Å². The van der Waals surface area contributed by atoms with Gasteiger partial charge in [-0.1, -0.05) is 6.07 Å². The predicted octanol–water partition coefficient (Wildman–Crippen LogP) is 1.99. The molecule has 5 nitrogen and oxygen atoms in total. The molecule has 0 bridgehead atoms. The van der Waals surface area contributed by atoms with Gasteiger partial charge in [0, 0.05) is 37.4 Å². The minimum atomic E-state index is 0.178. The van der Waals surface area contributed by atoms with Crippen LogP contribution in [0.5, 0.6) is 0 Å². The van der Waals surface area contributed by atoms with Gasteiger partial charge in [0.1, 0.15) is 0 Å². The molecule has 5 heteroatoms. The molecule has 0 saturated carbocycles. The Balaban J connectivity index is 1.63. The number of carbonyl (C=O) groups is 1. The third kappa shape index (κ3) is 3.29. The highest BCUT2D eigenvalue weighted by molar-refractivity contribution is 5.78. The first kappa shape index (κ1) is 13.8. The number of amides is 1. The van der Waals surface area contributed by atoms with Crippen LogP contribution in [0, 0.1) is 6.92 Å². The zero-order valence-corrected chi connectivity index (χ0v) is 12.3. The van der Waals surface area contributed by atoms with Gasteiger partial charge in [-0.05, 0) is 37.5 Å². The van der Waals surface area contributed by atoms with Crippen LogP contribution in [0.25, 0.3) is 0 Å². The smallest absolute Gasteiger partial charge is 0.227 e. The monoisotopic (exact) mass is 284 g/mol. The Morgan fingerprint density at radius 3 is 3.05 bits per heavy atom. The SMILES string of the molecule is Cc1ccc(CC(=O)N2CCC[C@H](n3cccn3)C2)cn1. The van der Waals surface area contributed by atoms with Gasteiger partial charge >= 0.3 is 0 Å². The minimum Gasteiger partial charge on any atom is -0.340 e. The van der Waals surface area contributed by atoms with Gasteiger partial charge < -0.3 is 4.90 Å². The molecule has 1 aliphatic heterocycles. The third-order valence-corrected chi connectivity index (χ3v) is 3.98. The van der Waals surface area contributed by atoms with Crippen LogP contribution in [-0.2, 0) is 11.2 Å². The maximum absolute atomic E-state index is 12.4. The van der Waals surface area contributed by atoms with E-state index in [0.29, 0.717) is 12.5 Å². The number of carbonyl (C=O) groups excluding carboxylic acids is 1. The molecule has 2 aromatic heterocycles. The van der Waals surface area contributed by atoms with Crippen molar-refractivity contribution in [2.75, 3.05) is 13.1 Å². The summed E-state index contributed by atoms with van der Waals surface area (Å²) in [5, 5.41) is 4.30. The van der Waals surface area contributed by atoms with Gasteiger partial charge in [-0.2, -0.15) is 5.10 Å². The maximum atomic E-state index is 12.4. The molecule has 3 heterocycles. The summed E-state index contributed by atoms with van der Waals surface area (Å²) in [5.41, 5.74) is 1.95. The summed E-state index contributed by atoms with van der Waals surface area (Å²) in [6, 6.07) is 6.16. The van der Waals surface area contributed by atoms with Gasteiger partial charge in [-0.3, -0.25) is 14.5 Å². The predicted molar refractivity (Wildman–Crippen MR) is 79.8 cm³/mol. The normalized spacial score (nSPS) is 18.7. The Bertz CT molecular complexity index is 591. The summed E-state index contributed by atoms with van der Waals surface area (Å²) in [5.74, 6) is 0.178. The van der Waals surface area contributed by atoms with Crippen molar-refractivity contribution in [3.8, 4) is 0 Å². The zero-order valence-electron chi connectivity index (χ0n) is 12.3. The van der Waals surface area contributed by atoms with Crippen LogP contribution in [0.4, 0.5) is 0 Å². The number of rotatable bonds is 3. The Hall–Kier alpha value is -2.17. The number of nitrogens with zero attached hydrogens (tertiary/aromatic N) is 4. The number of aryl methyl sites for hydroxylation is 1. The highest BCUT2D eigenvalue weighted by atomic mass is 16.2. The van der Waals surface area contributed by atoms with Crippen molar-refractivity contribution in [2.45, 2.75) is 32.2 Å². The molecule has 1 aliphatic rings. The Labute approximate surface area is 124 Å². The minimum absolute atomic E-state index is 0.178. The molecule has 1 amide bonds. The number of piperidine rings is 1. The zero-order chi connectivity index (χ0) is 14.7. The summed E-state index contributed by atoms with van der Waals surface area (Å²) in [7, 11) is 0. The molecular formula is C16H20N4O. The van der Waals surface area contributed by atoms with E-state index in [0.717, 1.165) is 37.2 Å². The molecule has 0 aromatic carbocycles. The van der Waals surface area contributed by atoms with Crippen LogP contribution in [0.2, 0.25) is 0 Å². The molecular weight excluding hydrogens is 264 g/mol. The Morgan fingerprint density at radius 1 is 1.43 bits per heavy atom. The van der Waals surface area contributed by atoms with Crippen molar-refractivity contribution in [3.05, 3.63) is 48.0 Å². The van der Waals surface area contributed by atoms with Crippen LogP contribution < -0.4 is 0 Å². The van der Waals surface area contributed by atoms with Crippen LogP contribution in [-0.4, -0.2) is 38.7 Å². The van der Waals surface area contributed by atoms with E-state index in [1.807, 2.05) is 40.9 Å². The van der Waals surface area contributed by atoms with E-state index in [2.05, 4.69) is 10.1 Å². The number of aromatic nitrogens is 3. The standard InChI is InChI=1S/C16H20N4O/c1-13-5-6-14(11-17-13)10-16(21)19-8-2-4-15(12-19)20-9-3-7-18-20/h3,5-7,9,11,15H,2,4,8,10,12H2,1H3/t15-/m0/s1. The summed E-state index contributed by atoms with van der Waals surface area (Å²) in [4.78, 5) is 18.6. The molecule has 1 atom stereocenters. The lowest BCUT2D eigenvalue weighted by molar-refractivity contribution is -0.132. The fourth-order valence-electron chi connectivity index (χ4n) is 2.78. The lowest BCUT2D eigenvalue weighted by atomic mass is 10.0. The lowest BCUT2D eigenvalue weighted by Gasteiger charge is -2.33. The fourth-order valence-corrected chi connectivity index (χ4v) is 2.78. The average molecular weight is 284 g/mol. The van der Waals surface area contributed by atoms with Gasteiger partial charge in [0.25, 0.3) is 0 Å². The van der Waals surface area contributed by atoms with Crippen molar-refractivity contribution in [1.29, 1.82) is 0 Å². The Kier molecular flexibility index (Phi) is 3.99. The van der Waals surface area contributed by atoms with Gasteiger partial charge in [0.15, 0.2) is 0 Å². The molecule has 1 saturated heterocycles. The fraction of sp³-hybridized carbons (Fsp3) is 0.438. The molecule has 0 aliphatic carbocycles. The summed E-state index contributed by atoms with van der Waals surface area (Å²) < 4.78 is 1.97. The number of pyridine rings is 1. The lowest BCUT2D eigenvalue weighted by Crippen LogP contribution is -2.41. The number of likely N-dealkylation sites (tertiary alicyclic amines) is 1. The molecule has 2 aromatic rings. The second kappa shape index (κ2) is 6.08. The molecule has 110 valence electrons. The first-order chi connectivity index (χ1) is 10.2. The van der Waals surface area contributed by atoms with E-state index >= 15 is 0 Å². The molecule has 3 rings (SSSR count). The molecule has 0 spiro atoms. The average Bonchev–Trinajstić information content (AvgIpc) is 3.04. The Morgan fingerprint density at radius 2 is 2.33 bits per heavy atom. The van der Waals surface area contributed by atoms with Gasteiger partial charge in [0.2, 0.25) is 5.91 Å². The van der Waals surface area contributed by atoms with Gasteiger partial charge in [0.05, 0.1) is 12.5 Å². The second-order valence-electron chi connectivity index (χ2n) is 5.61. The highest BCUT2D eigenvalue weighted by Crippen LogP contribution is 2.21.